The maximum absolute atomic E-state index is 12.9. The molecule has 3 unspecified atom stereocenters. The number of hydrogen-bond donors (Lipinski definition) is 1. The Kier molecular flexibility index (Phi) is 5.94. The summed E-state index contributed by atoms with van der Waals surface area (Å²) in [7, 11) is 4.17. The fourth-order valence-corrected chi connectivity index (χ4v) is 3.63. The van der Waals surface area contributed by atoms with Crippen LogP contribution in [0.1, 0.15) is 38.2 Å². The van der Waals surface area contributed by atoms with E-state index in [0.717, 1.165) is 24.9 Å². The van der Waals surface area contributed by atoms with Crippen LogP contribution in [0.4, 0.5) is 0 Å². The largest absolute Gasteiger partial charge is 0.340 e. The Morgan fingerprint density at radius 1 is 1.13 bits per heavy atom. The average molecular weight is 317 g/mol. The number of carbonyl (C=O) groups is 2. The molecule has 0 radical (unpaired) electrons. The van der Waals surface area contributed by atoms with E-state index in [1.165, 1.54) is 9.80 Å². The number of hydrogen-bond acceptors (Lipinski definition) is 2. The Hall–Kier alpha value is -1.68. The van der Waals surface area contributed by atoms with Gasteiger partial charge in [0.25, 0.3) is 0 Å². The van der Waals surface area contributed by atoms with Crippen molar-refractivity contribution in [2.24, 2.45) is 11.8 Å². The first-order chi connectivity index (χ1) is 11.0. The number of benzene rings is 1. The van der Waals surface area contributed by atoms with Gasteiger partial charge in [-0.25, -0.2) is 0 Å². The zero-order valence-corrected chi connectivity index (χ0v) is 14.7. The van der Waals surface area contributed by atoms with Crippen molar-refractivity contribution in [1.82, 2.24) is 4.90 Å². The molecule has 2 amide bonds. The Morgan fingerprint density at radius 3 is 2.35 bits per heavy atom. The molecule has 1 fully saturated rings. The molecule has 126 valence electrons. The summed E-state index contributed by atoms with van der Waals surface area (Å²) in [6.07, 6.45) is 1.73. The number of nitrogens with one attached hydrogen (secondary N) is 1. The predicted octanol–water partition coefficient (Wildman–Crippen LogP) is 1.34. The second-order valence-corrected chi connectivity index (χ2v) is 6.88. The number of amides is 2. The van der Waals surface area contributed by atoms with Crippen LogP contribution in [-0.4, -0.2) is 43.9 Å². The van der Waals surface area contributed by atoms with Gasteiger partial charge in [-0.05, 0) is 17.9 Å². The van der Waals surface area contributed by atoms with Crippen LogP contribution in [-0.2, 0) is 9.59 Å². The van der Waals surface area contributed by atoms with Crippen molar-refractivity contribution >= 4 is 11.8 Å². The van der Waals surface area contributed by atoms with Crippen molar-refractivity contribution in [2.75, 3.05) is 27.2 Å². The summed E-state index contributed by atoms with van der Waals surface area (Å²) >= 11 is 0. The first-order valence-corrected chi connectivity index (χ1v) is 8.66. The van der Waals surface area contributed by atoms with Crippen molar-refractivity contribution < 1.29 is 14.5 Å². The summed E-state index contributed by atoms with van der Waals surface area (Å²) in [5, 5.41) is 0. The van der Waals surface area contributed by atoms with Crippen LogP contribution in [0.15, 0.2) is 30.3 Å². The fraction of sp³-hybridized carbons (Fsp3) is 0.579. The van der Waals surface area contributed by atoms with Crippen molar-refractivity contribution in [3.05, 3.63) is 35.9 Å². The van der Waals surface area contributed by atoms with Gasteiger partial charge in [-0.15, -0.1) is 0 Å². The molecule has 0 spiro atoms. The van der Waals surface area contributed by atoms with Crippen LogP contribution in [0.5, 0.6) is 0 Å². The van der Waals surface area contributed by atoms with Gasteiger partial charge in [0.15, 0.2) is 0 Å². The molecule has 4 nitrogen and oxygen atoms in total. The van der Waals surface area contributed by atoms with E-state index in [1.807, 2.05) is 25.1 Å². The van der Waals surface area contributed by atoms with Crippen molar-refractivity contribution in [3.63, 3.8) is 0 Å². The van der Waals surface area contributed by atoms with E-state index in [4.69, 9.17) is 0 Å². The van der Waals surface area contributed by atoms with Gasteiger partial charge < -0.3 is 4.90 Å². The topological polar surface area (TPSA) is 41.8 Å². The minimum absolute atomic E-state index is 0.00290. The highest BCUT2D eigenvalue weighted by Gasteiger charge is 2.48. The second kappa shape index (κ2) is 7.73. The molecular formula is C19H29N2O2+. The molecule has 0 aliphatic carbocycles. The van der Waals surface area contributed by atoms with E-state index in [1.54, 1.807) is 0 Å². The lowest BCUT2D eigenvalue weighted by atomic mass is 9.78. The number of carbonyl (C=O) groups excluding carboxylic acids is 2. The quantitative estimate of drug-likeness (QED) is 0.771. The standard InChI is InChI=1S/C19H28N2O2/c1-5-16(15-10-7-6-8-11-15)17-14(2)18(22)21(19(17)23)13-9-12-20(3)4/h6-8,10-11,14,16-17H,5,9,12-13H2,1-4H3/p+1. The molecule has 0 bridgehead atoms. The molecule has 1 aromatic rings. The van der Waals surface area contributed by atoms with Gasteiger partial charge in [0.2, 0.25) is 11.8 Å². The van der Waals surface area contributed by atoms with Crippen molar-refractivity contribution in [3.8, 4) is 0 Å². The molecule has 1 heterocycles. The molecule has 0 aromatic heterocycles. The zero-order chi connectivity index (χ0) is 17.0. The van der Waals surface area contributed by atoms with E-state index in [-0.39, 0.29) is 29.6 Å². The summed E-state index contributed by atoms with van der Waals surface area (Å²) in [6, 6.07) is 10.1. The molecule has 0 saturated carbocycles. The van der Waals surface area contributed by atoms with Crippen molar-refractivity contribution in [1.29, 1.82) is 0 Å². The normalized spacial score (nSPS) is 22.9. The number of rotatable bonds is 7. The monoisotopic (exact) mass is 317 g/mol. The molecule has 1 N–H and O–H groups in total. The molecule has 23 heavy (non-hydrogen) atoms. The molecule has 1 aromatic carbocycles. The number of nitrogens with zero attached hydrogens (tertiary/aromatic N) is 1. The summed E-state index contributed by atoms with van der Waals surface area (Å²) in [6.45, 7) is 5.52. The van der Waals surface area contributed by atoms with Gasteiger partial charge in [-0.1, -0.05) is 44.2 Å². The first-order valence-electron chi connectivity index (χ1n) is 8.66. The van der Waals surface area contributed by atoms with Gasteiger partial charge in [0.05, 0.1) is 26.6 Å². The highest BCUT2D eigenvalue weighted by molar-refractivity contribution is 6.05. The second-order valence-electron chi connectivity index (χ2n) is 6.88. The number of likely N-dealkylation sites (tertiary alicyclic amines) is 1. The molecule has 3 atom stereocenters. The maximum atomic E-state index is 12.9. The third kappa shape index (κ3) is 3.81. The highest BCUT2D eigenvalue weighted by atomic mass is 16.2. The lowest BCUT2D eigenvalue weighted by Crippen LogP contribution is -3.05. The Morgan fingerprint density at radius 2 is 1.78 bits per heavy atom. The average Bonchev–Trinajstić information content (AvgIpc) is 2.74. The summed E-state index contributed by atoms with van der Waals surface area (Å²) in [4.78, 5) is 28.3. The van der Waals surface area contributed by atoms with Gasteiger partial charge in [-0.3, -0.25) is 14.5 Å². The molecular weight excluding hydrogens is 288 g/mol. The Labute approximate surface area is 139 Å². The van der Waals surface area contributed by atoms with Crippen LogP contribution in [0.25, 0.3) is 0 Å². The SMILES string of the molecule is CCC(c1ccccc1)C1C(=O)N(CCC[NH+](C)C)C(=O)C1C. The summed E-state index contributed by atoms with van der Waals surface area (Å²) in [5.74, 6) is -0.303. The lowest BCUT2D eigenvalue weighted by molar-refractivity contribution is -0.858. The molecule has 1 aliphatic rings. The van der Waals surface area contributed by atoms with Crippen LogP contribution < -0.4 is 4.90 Å². The van der Waals surface area contributed by atoms with E-state index >= 15 is 0 Å². The third-order valence-corrected chi connectivity index (χ3v) is 4.90. The van der Waals surface area contributed by atoms with Crippen LogP contribution in [0, 0.1) is 11.8 Å². The van der Waals surface area contributed by atoms with Crippen LogP contribution in [0.2, 0.25) is 0 Å². The maximum Gasteiger partial charge on any atom is 0.233 e. The van der Waals surface area contributed by atoms with Gasteiger partial charge in [0, 0.05) is 18.9 Å². The molecule has 1 aliphatic heterocycles. The zero-order valence-electron chi connectivity index (χ0n) is 14.7. The summed E-state index contributed by atoms with van der Waals surface area (Å²) < 4.78 is 0. The minimum atomic E-state index is -0.223. The summed E-state index contributed by atoms with van der Waals surface area (Å²) in [5.41, 5.74) is 1.16. The van der Waals surface area contributed by atoms with E-state index in [2.05, 4.69) is 33.2 Å². The highest BCUT2D eigenvalue weighted by Crippen LogP contribution is 2.39. The number of imide groups is 1. The van der Waals surface area contributed by atoms with E-state index < -0.39 is 0 Å². The van der Waals surface area contributed by atoms with Gasteiger partial charge in [0.1, 0.15) is 0 Å². The van der Waals surface area contributed by atoms with E-state index in [9.17, 15) is 9.59 Å². The lowest BCUT2D eigenvalue weighted by Gasteiger charge is -2.23. The predicted molar refractivity (Wildman–Crippen MR) is 91.1 cm³/mol. The fourth-order valence-electron chi connectivity index (χ4n) is 3.63. The Bertz CT molecular complexity index is 542. The van der Waals surface area contributed by atoms with Crippen molar-refractivity contribution in [2.45, 2.75) is 32.6 Å². The Balaban J connectivity index is 2.15. The van der Waals surface area contributed by atoms with Crippen LogP contribution in [0.3, 0.4) is 0 Å². The van der Waals surface area contributed by atoms with Gasteiger partial charge in [-0.2, -0.15) is 0 Å². The third-order valence-electron chi connectivity index (χ3n) is 4.90. The first kappa shape index (κ1) is 17.7. The smallest absolute Gasteiger partial charge is 0.233 e. The molecule has 2 rings (SSSR count). The number of quaternary nitrogens is 1. The van der Waals surface area contributed by atoms with Crippen LogP contribution >= 0.6 is 0 Å². The van der Waals surface area contributed by atoms with E-state index in [0.29, 0.717) is 6.54 Å². The molecule has 4 heteroatoms. The molecule has 1 saturated heterocycles. The van der Waals surface area contributed by atoms with Gasteiger partial charge >= 0.3 is 0 Å². The minimum Gasteiger partial charge on any atom is -0.340 e.